The largest absolute Gasteiger partial charge is 0.508 e. The molecule has 0 saturated carbocycles. The number of aromatic hydroxyl groups is 1. The van der Waals surface area contributed by atoms with Crippen LogP contribution in [-0.4, -0.2) is 16.0 Å². The SMILES string of the molecule is NCc1nc(C(=O)Nc2cccc(O)c2)cs1. The van der Waals surface area contributed by atoms with Crippen molar-refractivity contribution in [3.63, 3.8) is 0 Å². The average Bonchev–Trinajstić information content (AvgIpc) is 2.77. The fourth-order valence-electron chi connectivity index (χ4n) is 1.29. The summed E-state index contributed by atoms with van der Waals surface area (Å²) in [5, 5.41) is 14.3. The number of aromatic nitrogens is 1. The molecule has 0 unspecified atom stereocenters. The molecule has 5 nitrogen and oxygen atoms in total. The van der Waals surface area contributed by atoms with E-state index in [9.17, 15) is 9.90 Å². The zero-order chi connectivity index (χ0) is 12.3. The van der Waals surface area contributed by atoms with Crippen molar-refractivity contribution >= 4 is 22.9 Å². The first kappa shape index (κ1) is 11.6. The van der Waals surface area contributed by atoms with E-state index in [-0.39, 0.29) is 11.7 Å². The van der Waals surface area contributed by atoms with Gasteiger partial charge in [0.15, 0.2) is 0 Å². The van der Waals surface area contributed by atoms with Crippen LogP contribution < -0.4 is 11.1 Å². The summed E-state index contributed by atoms with van der Waals surface area (Å²) in [6, 6.07) is 6.34. The second kappa shape index (κ2) is 4.94. The van der Waals surface area contributed by atoms with Crippen molar-refractivity contribution in [1.82, 2.24) is 4.98 Å². The number of anilines is 1. The number of nitrogens with one attached hydrogen (secondary N) is 1. The van der Waals surface area contributed by atoms with Crippen molar-refractivity contribution in [3.8, 4) is 5.75 Å². The van der Waals surface area contributed by atoms with Crippen LogP contribution in [0.15, 0.2) is 29.6 Å². The first-order valence-electron chi connectivity index (χ1n) is 4.94. The normalized spacial score (nSPS) is 10.2. The molecule has 4 N–H and O–H groups in total. The Morgan fingerprint density at radius 2 is 2.35 bits per heavy atom. The van der Waals surface area contributed by atoms with E-state index in [1.54, 1.807) is 17.5 Å². The summed E-state index contributed by atoms with van der Waals surface area (Å²) in [4.78, 5) is 15.8. The Bertz CT molecular complexity index is 539. The lowest BCUT2D eigenvalue weighted by Gasteiger charge is -2.02. The summed E-state index contributed by atoms with van der Waals surface area (Å²) in [5.41, 5.74) is 6.28. The minimum atomic E-state index is -0.313. The molecule has 0 aliphatic carbocycles. The van der Waals surface area contributed by atoms with Crippen molar-refractivity contribution in [2.75, 3.05) is 5.32 Å². The van der Waals surface area contributed by atoms with Crippen LogP contribution in [-0.2, 0) is 6.54 Å². The molecule has 0 spiro atoms. The molecular weight excluding hydrogens is 238 g/mol. The standard InChI is InChI=1S/C11H11N3O2S/c12-5-10-14-9(6-17-10)11(16)13-7-2-1-3-8(15)4-7/h1-4,6,15H,5,12H2,(H,13,16). The summed E-state index contributed by atoms with van der Waals surface area (Å²) in [6.45, 7) is 0.323. The maximum Gasteiger partial charge on any atom is 0.275 e. The first-order chi connectivity index (χ1) is 8.19. The number of phenols is 1. The van der Waals surface area contributed by atoms with Crippen molar-refractivity contribution in [1.29, 1.82) is 0 Å². The van der Waals surface area contributed by atoms with Crippen molar-refractivity contribution < 1.29 is 9.90 Å². The summed E-state index contributed by atoms with van der Waals surface area (Å²) in [7, 11) is 0. The highest BCUT2D eigenvalue weighted by molar-refractivity contribution is 7.09. The number of phenolic OH excluding ortho intramolecular Hbond substituents is 1. The molecule has 88 valence electrons. The Kier molecular flexibility index (Phi) is 3.36. The van der Waals surface area contributed by atoms with Crippen molar-refractivity contribution in [3.05, 3.63) is 40.3 Å². The smallest absolute Gasteiger partial charge is 0.275 e. The second-order valence-electron chi connectivity index (χ2n) is 3.34. The van der Waals surface area contributed by atoms with Gasteiger partial charge in [-0.2, -0.15) is 0 Å². The van der Waals surface area contributed by atoms with E-state index in [0.717, 1.165) is 0 Å². The second-order valence-corrected chi connectivity index (χ2v) is 4.28. The lowest BCUT2D eigenvalue weighted by Crippen LogP contribution is -2.12. The molecule has 6 heteroatoms. The van der Waals surface area contributed by atoms with Gasteiger partial charge in [-0.1, -0.05) is 6.07 Å². The monoisotopic (exact) mass is 249 g/mol. The highest BCUT2D eigenvalue weighted by Crippen LogP contribution is 2.17. The molecule has 0 atom stereocenters. The van der Waals surface area contributed by atoms with Gasteiger partial charge in [0.25, 0.3) is 5.91 Å². The first-order valence-corrected chi connectivity index (χ1v) is 5.82. The van der Waals surface area contributed by atoms with Gasteiger partial charge in [-0.25, -0.2) is 4.98 Å². The molecule has 2 aromatic rings. The Balaban J connectivity index is 2.11. The van der Waals surface area contributed by atoms with Gasteiger partial charge in [-0.05, 0) is 12.1 Å². The van der Waals surface area contributed by atoms with Crippen LogP contribution in [0.2, 0.25) is 0 Å². The third-order valence-electron chi connectivity index (χ3n) is 2.06. The highest BCUT2D eigenvalue weighted by atomic mass is 32.1. The summed E-state index contributed by atoms with van der Waals surface area (Å²) in [6.07, 6.45) is 0. The lowest BCUT2D eigenvalue weighted by atomic mass is 10.3. The zero-order valence-electron chi connectivity index (χ0n) is 8.88. The molecule has 17 heavy (non-hydrogen) atoms. The number of thiazole rings is 1. The molecule has 0 aliphatic heterocycles. The molecule has 1 aromatic carbocycles. The van der Waals surface area contributed by atoms with E-state index in [0.29, 0.717) is 22.9 Å². The topological polar surface area (TPSA) is 88.2 Å². The Labute approximate surface area is 102 Å². The molecule has 2 rings (SSSR count). The number of benzene rings is 1. The summed E-state index contributed by atoms with van der Waals surface area (Å²) >= 11 is 1.35. The Morgan fingerprint density at radius 3 is 3.00 bits per heavy atom. The summed E-state index contributed by atoms with van der Waals surface area (Å²) < 4.78 is 0. The van der Waals surface area contributed by atoms with E-state index >= 15 is 0 Å². The van der Waals surface area contributed by atoms with Crippen LogP contribution in [0.5, 0.6) is 5.75 Å². The predicted octanol–water partition coefficient (Wildman–Crippen LogP) is 1.56. The lowest BCUT2D eigenvalue weighted by molar-refractivity contribution is 0.102. The van der Waals surface area contributed by atoms with Gasteiger partial charge in [-0.3, -0.25) is 4.79 Å². The van der Waals surface area contributed by atoms with Crippen LogP contribution in [0.1, 0.15) is 15.5 Å². The molecule has 1 aromatic heterocycles. The quantitative estimate of drug-likeness (QED) is 0.770. The molecule has 0 bridgehead atoms. The molecular formula is C11H11N3O2S. The van der Waals surface area contributed by atoms with Gasteiger partial charge in [0.2, 0.25) is 0 Å². The fourth-order valence-corrected chi connectivity index (χ4v) is 1.94. The van der Waals surface area contributed by atoms with E-state index < -0.39 is 0 Å². The molecule has 0 saturated heterocycles. The van der Waals surface area contributed by atoms with E-state index in [2.05, 4.69) is 10.3 Å². The maximum absolute atomic E-state index is 11.8. The number of hydrogen-bond donors (Lipinski definition) is 3. The fraction of sp³-hybridized carbons (Fsp3) is 0.0909. The number of carbonyl (C=O) groups is 1. The minimum absolute atomic E-state index is 0.101. The molecule has 1 heterocycles. The number of nitrogens with two attached hydrogens (primary N) is 1. The number of amides is 1. The zero-order valence-corrected chi connectivity index (χ0v) is 9.70. The summed E-state index contributed by atoms with van der Waals surface area (Å²) in [5.74, 6) is -0.213. The van der Waals surface area contributed by atoms with Gasteiger partial charge >= 0.3 is 0 Å². The number of carbonyl (C=O) groups excluding carboxylic acids is 1. The van der Waals surface area contributed by atoms with Crippen molar-refractivity contribution in [2.24, 2.45) is 5.73 Å². The van der Waals surface area contributed by atoms with Crippen LogP contribution in [0.4, 0.5) is 5.69 Å². The van der Waals surface area contributed by atoms with Crippen molar-refractivity contribution in [2.45, 2.75) is 6.54 Å². The van der Waals surface area contributed by atoms with E-state index in [1.165, 1.54) is 23.5 Å². The molecule has 0 aliphatic rings. The predicted molar refractivity (Wildman–Crippen MR) is 66.1 cm³/mol. The van der Waals surface area contributed by atoms with Crippen LogP contribution in [0, 0.1) is 0 Å². The van der Waals surface area contributed by atoms with Crippen LogP contribution >= 0.6 is 11.3 Å². The van der Waals surface area contributed by atoms with Crippen LogP contribution in [0.3, 0.4) is 0 Å². The third-order valence-corrected chi connectivity index (χ3v) is 2.93. The van der Waals surface area contributed by atoms with E-state index in [1.807, 2.05) is 0 Å². The van der Waals surface area contributed by atoms with Gasteiger partial charge in [0.05, 0.1) is 0 Å². The van der Waals surface area contributed by atoms with Gasteiger partial charge in [-0.15, -0.1) is 11.3 Å². The van der Waals surface area contributed by atoms with Gasteiger partial charge in [0.1, 0.15) is 16.5 Å². The minimum Gasteiger partial charge on any atom is -0.508 e. The number of nitrogens with zero attached hydrogens (tertiary/aromatic N) is 1. The van der Waals surface area contributed by atoms with Crippen LogP contribution in [0.25, 0.3) is 0 Å². The average molecular weight is 249 g/mol. The van der Waals surface area contributed by atoms with Gasteiger partial charge < -0.3 is 16.2 Å². The molecule has 1 amide bonds. The number of rotatable bonds is 3. The molecule has 0 radical (unpaired) electrons. The highest BCUT2D eigenvalue weighted by Gasteiger charge is 2.10. The third kappa shape index (κ3) is 2.80. The maximum atomic E-state index is 11.8. The van der Waals surface area contributed by atoms with E-state index in [4.69, 9.17) is 5.73 Å². The Hall–Kier alpha value is -1.92. The Morgan fingerprint density at radius 1 is 1.53 bits per heavy atom. The molecule has 0 fully saturated rings. The number of hydrogen-bond acceptors (Lipinski definition) is 5. The van der Waals surface area contributed by atoms with Gasteiger partial charge in [0, 0.05) is 23.7 Å².